The monoisotopic (exact) mass is 588 g/mol. The third-order valence-electron chi connectivity index (χ3n) is 6.48. The first-order valence-electron chi connectivity index (χ1n) is 14.3. The molecule has 0 bridgehead atoms. The van der Waals surface area contributed by atoms with Crippen LogP contribution in [0.1, 0.15) is 34.5 Å². The molecular formula is C30H44N4O8. The highest BCUT2D eigenvalue weighted by Gasteiger charge is 2.16. The number of ether oxygens (including phenoxy) is 6. The Morgan fingerprint density at radius 1 is 0.833 bits per heavy atom. The predicted molar refractivity (Wildman–Crippen MR) is 154 cm³/mol. The molecule has 1 fully saturated rings. The lowest BCUT2D eigenvalue weighted by molar-refractivity contribution is -0.147. The lowest BCUT2D eigenvalue weighted by atomic mass is 10.3. The van der Waals surface area contributed by atoms with Crippen LogP contribution in [0, 0.1) is 6.92 Å². The molecule has 0 radical (unpaired) electrons. The van der Waals surface area contributed by atoms with Crippen molar-refractivity contribution in [3.8, 4) is 0 Å². The number of pyridine rings is 2. The zero-order valence-electron chi connectivity index (χ0n) is 25.0. The summed E-state index contributed by atoms with van der Waals surface area (Å²) in [5.41, 5.74) is 2.96. The highest BCUT2D eigenvalue weighted by Crippen LogP contribution is 2.08. The Hall–Kier alpha value is -3.00. The van der Waals surface area contributed by atoms with E-state index in [4.69, 9.17) is 28.4 Å². The molecule has 1 aliphatic rings. The fourth-order valence-electron chi connectivity index (χ4n) is 4.29. The zero-order valence-corrected chi connectivity index (χ0v) is 25.0. The van der Waals surface area contributed by atoms with Gasteiger partial charge in [-0.3, -0.25) is 19.6 Å². The maximum absolute atomic E-state index is 11.9. The van der Waals surface area contributed by atoms with E-state index in [9.17, 15) is 9.59 Å². The summed E-state index contributed by atoms with van der Waals surface area (Å²) in [6.07, 6.45) is -0.404. The Kier molecular flexibility index (Phi) is 15.3. The molecule has 12 nitrogen and oxygen atoms in total. The van der Waals surface area contributed by atoms with E-state index in [1.165, 1.54) is 14.0 Å². The van der Waals surface area contributed by atoms with Gasteiger partial charge in [0.2, 0.25) is 0 Å². The summed E-state index contributed by atoms with van der Waals surface area (Å²) in [6.45, 7) is 10.4. The summed E-state index contributed by atoms with van der Waals surface area (Å²) in [5, 5.41) is 0. The normalized spacial score (nSPS) is 19.4. The summed E-state index contributed by atoms with van der Waals surface area (Å²) >= 11 is 0. The van der Waals surface area contributed by atoms with Gasteiger partial charge in [-0.05, 0) is 31.2 Å². The molecular weight excluding hydrogens is 544 g/mol. The van der Waals surface area contributed by atoms with Crippen LogP contribution in [-0.2, 0) is 46.3 Å². The Morgan fingerprint density at radius 3 is 2.05 bits per heavy atom. The second-order valence-electron chi connectivity index (χ2n) is 9.92. The van der Waals surface area contributed by atoms with Crippen LogP contribution in [0.15, 0.2) is 36.4 Å². The molecule has 3 rings (SSSR count). The standard InChI is InChI=1S/C30H44N4O8/c1-24-6-4-7-26(31-24)20-34-11-15-39-19-18-38-14-10-33(21-27-8-5-9-29(32-27)30(36)37-3)12-16-40-22-28(41-17-13-34)23-42-25(2)35/h4-9,28H,10-23H2,1-3H3/t28-/m0/s1. The number of aryl methyl sites for hydroxylation is 1. The van der Waals surface area contributed by atoms with Gasteiger partial charge < -0.3 is 28.4 Å². The van der Waals surface area contributed by atoms with Crippen LogP contribution in [-0.4, -0.2) is 124 Å². The lowest BCUT2D eigenvalue weighted by Crippen LogP contribution is -2.36. The molecule has 1 saturated heterocycles. The number of carbonyl (C=O) groups excluding carboxylic acids is 2. The van der Waals surface area contributed by atoms with Crippen molar-refractivity contribution in [1.82, 2.24) is 19.8 Å². The third-order valence-corrected chi connectivity index (χ3v) is 6.48. The van der Waals surface area contributed by atoms with Crippen molar-refractivity contribution < 1.29 is 38.0 Å². The van der Waals surface area contributed by atoms with Crippen LogP contribution in [0.4, 0.5) is 0 Å². The van der Waals surface area contributed by atoms with Gasteiger partial charge in [0.05, 0.1) is 64.7 Å². The second kappa shape index (κ2) is 19.2. The molecule has 0 spiro atoms. The van der Waals surface area contributed by atoms with E-state index >= 15 is 0 Å². The van der Waals surface area contributed by atoms with Crippen LogP contribution >= 0.6 is 0 Å². The van der Waals surface area contributed by atoms with Gasteiger partial charge in [0.1, 0.15) is 18.4 Å². The van der Waals surface area contributed by atoms with Crippen molar-refractivity contribution in [2.45, 2.75) is 33.0 Å². The minimum Gasteiger partial charge on any atom is -0.464 e. The van der Waals surface area contributed by atoms with E-state index < -0.39 is 12.1 Å². The Bertz CT molecular complexity index is 1090. The van der Waals surface area contributed by atoms with E-state index in [1.54, 1.807) is 12.1 Å². The molecule has 0 N–H and O–H groups in total. The summed E-state index contributed by atoms with van der Waals surface area (Å²) in [6, 6.07) is 11.3. The van der Waals surface area contributed by atoms with Crippen LogP contribution < -0.4 is 0 Å². The average molecular weight is 589 g/mol. The van der Waals surface area contributed by atoms with Gasteiger partial charge in [-0.25, -0.2) is 9.78 Å². The van der Waals surface area contributed by atoms with Crippen molar-refractivity contribution in [1.29, 1.82) is 0 Å². The van der Waals surface area contributed by atoms with Crippen molar-refractivity contribution in [2.75, 3.05) is 86.1 Å². The van der Waals surface area contributed by atoms with Gasteiger partial charge in [0.15, 0.2) is 0 Å². The maximum Gasteiger partial charge on any atom is 0.356 e. The maximum atomic E-state index is 11.9. The molecule has 12 heteroatoms. The number of hydrogen-bond acceptors (Lipinski definition) is 12. The van der Waals surface area contributed by atoms with E-state index in [2.05, 4.69) is 19.8 Å². The Morgan fingerprint density at radius 2 is 1.43 bits per heavy atom. The van der Waals surface area contributed by atoms with E-state index in [-0.39, 0.29) is 24.9 Å². The van der Waals surface area contributed by atoms with Gasteiger partial charge in [0, 0.05) is 51.9 Å². The summed E-state index contributed by atoms with van der Waals surface area (Å²) in [4.78, 5) is 36.8. The van der Waals surface area contributed by atoms with Crippen molar-refractivity contribution in [3.63, 3.8) is 0 Å². The minimum absolute atomic E-state index is 0.111. The quantitative estimate of drug-likeness (QED) is 0.439. The number of nitrogens with zero attached hydrogens (tertiary/aromatic N) is 4. The number of hydrogen-bond donors (Lipinski definition) is 0. The van der Waals surface area contributed by atoms with Gasteiger partial charge >= 0.3 is 11.9 Å². The molecule has 0 aliphatic carbocycles. The van der Waals surface area contributed by atoms with Crippen molar-refractivity contribution >= 4 is 11.9 Å². The molecule has 0 aromatic carbocycles. The topological polar surface area (TPSA) is 122 Å². The Balaban J connectivity index is 1.60. The number of methoxy groups -OCH3 is 1. The fraction of sp³-hybridized carbons (Fsp3) is 0.600. The summed E-state index contributed by atoms with van der Waals surface area (Å²) < 4.78 is 33.8. The van der Waals surface area contributed by atoms with Gasteiger partial charge in [0.25, 0.3) is 0 Å². The predicted octanol–water partition coefficient (Wildman–Crippen LogP) is 1.89. The van der Waals surface area contributed by atoms with Gasteiger partial charge in [-0.1, -0.05) is 12.1 Å². The molecule has 42 heavy (non-hydrogen) atoms. The van der Waals surface area contributed by atoms with E-state index in [0.29, 0.717) is 78.9 Å². The molecule has 2 aromatic heterocycles. The molecule has 0 unspecified atom stereocenters. The molecule has 1 atom stereocenters. The average Bonchev–Trinajstić information content (AvgIpc) is 2.97. The number of esters is 2. The molecule has 232 valence electrons. The third kappa shape index (κ3) is 13.3. The molecule has 1 aliphatic heterocycles. The van der Waals surface area contributed by atoms with Crippen LogP contribution in [0.2, 0.25) is 0 Å². The Labute approximate surface area is 248 Å². The van der Waals surface area contributed by atoms with Crippen molar-refractivity contribution in [2.24, 2.45) is 0 Å². The van der Waals surface area contributed by atoms with E-state index in [1.807, 2.05) is 31.2 Å². The van der Waals surface area contributed by atoms with Crippen molar-refractivity contribution in [3.05, 3.63) is 59.2 Å². The second-order valence-corrected chi connectivity index (χ2v) is 9.92. The lowest BCUT2D eigenvalue weighted by Gasteiger charge is -2.25. The molecule has 2 aromatic rings. The van der Waals surface area contributed by atoms with Crippen LogP contribution in [0.5, 0.6) is 0 Å². The van der Waals surface area contributed by atoms with Gasteiger partial charge in [-0.2, -0.15) is 0 Å². The fourth-order valence-corrected chi connectivity index (χ4v) is 4.29. The first-order valence-corrected chi connectivity index (χ1v) is 14.3. The van der Waals surface area contributed by atoms with Crippen LogP contribution in [0.3, 0.4) is 0 Å². The molecule has 0 amide bonds. The number of carbonyl (C=O) groups is 2. The highest BCUT2D eigenvalue weighted by atomic mass is 16.6. The zero-order chi connectivity index (χ0) is 30.0. The minimum atomic E-state index is -0.475. The SMILES string of the molecule is COC(=O)c1cccc(CN2CCOCCOCCN(Cc3cccc(C)n3)CCO[C@H](COC(C)=O)COCC2)n1. The molecule has 3 heterocycles. The summed E-state index contributed by atoms with van der Waals surface area (Å²) in [7, 11) is 1.33. The van der Waals surface area contributed by atoms with Gasteiger partial charge in [-0.15, -0.1) is 0 Å². The number of aromatic nitrogens is 2. The largest absolute Gasteiger partial charge is 0.464 e. The number of rotatable bonds is 7. The first-order chi connectivity index (χ1) is 20.4. The molecule has 0 saturated carbocycles. The first kappa shape index (κ1) is 33.5. The highest BCUT2D eigenvalue weighted by molar-refractivity contribution is 5.87. The van der Waals surface area contributed by atoms with E-state index in [0.717, 1.165) is 17.1 Å². The summed E-state index contributed by atoms with van der Waals surface area (Å²) in [5.74, 6) is -0.841. The smallest absolute Gasteiger partial charge is 0.356 e. The van der Waals surface area contributed by atoms with Crippen LogP contribution in [0.25, 0.3) is 0 Å².